The van der Waals surface area contributed by atoms with Crippen LogP contribution in [-0.2, 0) is 6.16 Å². The molecule has 4 aromatic carbocycles. The molecule has 0 spiro atoms. The van der Waals surface area contributed by atoms with Gasteiger partial charge in [-0.15, -0.1) is 0 Å². The second-order valence-electron chi connectivity index (χ2n) is 8.33. The number of hydrogen-bond donors (Lipinski definition) is 0. The van der Waals surface area contributed by atoms with Crippen LogP contribution in [0.15, 0.2) is 103 Å². The van der Waals surface area contributed by atoms with Crippen molar-refractivity contribution in [2.75, 3.05) is 0 Å². The van der Waals surface area contributed by atoms with E-state index in [9.17, 15) is 0 Å². The Labute approximate surface area is 188 Å². The minimum absolute atomic E-state index is 0.932. The molecule has 0 saturated carbocycles. The van der Waals surface area contributed by atoms with Gasteiger partial charge in [0.1, 0.15) is 0 Å². The Balaban J connectivity index is 2.10. The van der Waals surface area contributed by atoms with Gasteiger partial charge in [0.15, 0.2) is 0 Å². The average Bonchev–Trinajstić information content (AvgIpc) is 2.76. The molecule has 0 bridgehead atoms. The summed E-state index contributed by atoms with van der Waals surface area (Å²) in [5.41, 5.74) is 5.19. The van der Waals surface area contributed by atoms with Crippen molar-refractivity contribution in [3.63, 3.8) is 0 Å². The van der Waals surface area contributed by atoms with Crippen molar-refractivity contribution in [1.82, 2.24) is 0 Å². The van der Waals surface area contributed by atoms with Gasteiger partial charge in [-0.25, -0.2) is 0 Å². The van der Waals surface area contributed by atoms with Crippen molar-refractivity contribution in [1.29, 1.82) is 0 Å². The van der Waals surface area contributed by atoms with Crippen LogP contribution in [0.25, 0.3) is 0 Å². The first-order valence-corrected chi connectivity index (χ1v) is 14.8. The minimum atomic E-state index is -2.94. The van der Waals surface area contributed by atoms with Gasteiger partial charge in [-0.05, 0) is 0 Å². The number of halogens is 1. The van der Waals surface area contributed by atoms with Crippen molar-refractivity contribution < 1.29 is 0 Å². The summed E-state index contributed by atoms with van der Waals surface area (Å²) in [6.45, 7) is 6.46. The van der Waals surface area contributed by atoms with Crippen LogP contribution in [0.5, 0.6) is 0 Å². The topological polar surface area (TPSA) is 0 Å². The molecular weight excluding hydrogens is 447 g/mol. The zero-order chi connectivity index (χ0) is 21.2. The van der Waals surface area contributed by atoms with Gasteiger partial charge in [-0.1, -0.05) is 0 Å². The molecule has 0 N–H and O–H groups in total. The monoisotopic (exact) mass is 474 g/mol. The summed E-state index contributed by atoms with van der Waals surface area (Å²) < 4.78 is 0. The molecule has 2 heteroatoms. The van der Waals surface area contributed by atoms with Crippen LogP contribution in [0.1, 0.15) is 22.3 Å². The summed E-state index contributed by atoms with van der Waals surface area (Å²) in [6, 6.07) is 38.3. The predicted octanol–water partition coefficient (Wildman–Crippen LogP) is 6.95. The average molecular weight is 475 g/mol. The van der Waals surface area contributed by atoms with Gasteiger partial charge in [-0.2, -0.15) is 0 Å². The summed E-state index contributed by atoms with van der Waals surface area (Å²) >= 11 is 4.56. The van der Waals surface area contributed by atoms with E-state index in [0.29, 0.717) is 0 Å². The molecule has 152 valence electrons. The second-order valence-corrected chi connectivity index (χ2v) is 17.3. The molecular formula is C28H28BrP. The summed E-state index contributed by atoms with van der Waals surface area (Å²) in [7, 11) is 0. The predicted molar refractivity (Wildman–Crippen MR) is 138 cm³/mol. The third kappa shape index (κ3) is 3.66. The third-order valence-corrected chi connectivity index (χ3v) is 15.6. The number of aryl methyl sites for hydroxylation is 3. The molecule has 0 fully saturated rings. The number of benzene rings is 4. The van der Waals surface area contributed by atoms with Gasteiger partial charge >= 0.3 is 189 Å². The summed E-state index contributed by atoms with van der Waals surface area (Å²) in [4.78, 5) is 0. The number of hydrogen-bond acceptors (Lipinski definition) is 0. The van der Waals surface area contributed by atoms with Gasteiger partial charge in [0.05, 0.1) is 0 Å². The molecule has 0 atom stereocenters. The fourth-order valence-electron chi connectivity index (χ4n) is 4.21. The van der Waals surface area contributed by atoms with Gasteiger partial charge in [0.2, 0.25) is 0 Å². The molecule has 0 aliphatic carbocycles. The fraction of sp³-hybridized carbons (Fsp3) is 0.143. The van der Waals surface area contributed by atoms with E-state index in [4.69, 9.17) is 0 Å². The van der Waals surface area contributed by atoms with E-state index in [1.807, 2.05) is 0 Å². The molecule has 0 aliphatic rings. The molecule has 30 heavy (non-hydrogen) atoms. The van der Waals surface area contributed by atoms with E-state index in [-0.39, 0.29) is 0 Å². The summed E-state index contributed by atoms with van der Waals surface area (Å²) in [6.07, 6.45) is 0.932. The molecule has 4 rings (SSSR count). The van der Waals surface area contributed by atoms with Crippen LogP contribution in [0.2, 0.25) is 0 Å². The van der Waals surface area contributed by atoms with Crippen molar-refractivity contribution in [3.05, 3.63) is 125 Å². The van der Waals surface area contributed by atoms with Gasteiger partial charge in [0, 0.05) is 0 Å². The first kappa shape index (κ1) is 21.0. The Kier molecular flexibility index (Phi) is 5.71. The standard InChI is InChI=1S/C28H28BrP/c1-22-9-15-26(16-10-22)30(29,21-25-7-5-4-6-8-25,27-17-11-23(2)12-18-27)28-19-13-24(3)14-20-28/h4-20H,21H2,1-3H3. The molecule has 0 amide bonds. The first-order chi connectivity index (χ1) is 14.4. The Morgan fingerprint density at radius 2 is 0.833 bits per heavy atom. The molecule has 0 aromatic heterocycles. The molecule has 0 radical (unpaired) electrons. The molecule has 0 saturated heterocycles. The van der Waals surface area contributed by atoms with Crippen LogP contribution in [0.4, 0.5) is 0 Å². The number of rotatable bonds is 5. The van der Waals surface area contributed by atoms with Gasteiger partial charge in [-0.3, -0.25) is 0 Å². The van der Waals surface area contributed by atoms with Crippen molar-refractivity contribution in [3.8, 4) is 0 Å². The van der Waals surface area contributed by atoms with E-state index < -0.39 is 5.31 Å². The normalized spacial score (nSPS) is 12.9. The Morgan fingerprint density at radius 1 is 0.500 bits per heavy atom. The van der Waals surface area contributed by atoms with Gasteiger partial charge < -0.3 is 0 Å². The van der Waals surface area contributed by atoms with Gasteiger partial charge in [0.25, 0.3) is 0 Å². The van der Waals surface area contributed by atoms with E-state index in [0.717, 1.165) is 6.16 Å². The molecule has 0 heterocycles. The van der Waals surface area contributed by atoms with E-state index in [1.165, 1.54) is 38.2 Å². The van der Waals surface area contributed by atoms with Crippen LogP contribution in [0.3, 0.4) is 0 Å². The Hall–Kier alpha value is -2.21. The maximum absolute atomic E-state index is 4.56. The Morgan fingerprint density at radius 3 is 1.17 bits per heavy atom. The first-order valence-electron chi connectivity index (χ1n) is 10.4. The van der Waals surface area contributed by atoms with Crippen molar-refractivity contribution >= 4 is 36.7 Å². The summed E-state index contributed by atoms with van der Waals surface area (Å²) in [5, 5.41) is 1.15. The van der Waals surface area contributed by atoms with Crippen LogP contribution in [-0.4, -0.2) is 0 Å². The zero-order valence-electron chi connectivity index (χ0n) is 17.8. The molecule has 0 nitrogen and oxygen atoms in total. The van der Waals surface area contributed by atoms with Crippen molar-refractivity contribution in [2.45, 2.75) is 26.9 Å². The third-order valence-electron chi connectivity index (χ3n) is 6.04. The van der Waals surface area contributed by atoms with Crippen LogP contribution >= 0.6 is 20.8 Å². The van der Waals surface area contributed by atoms with Crippen LogP contribution < -0.4 is 15.9 Å². The van der Waals surface area contributed by atoms with E-state index in [2.05, 4.69) is 139 Å². The zero-order valence-corrected chi connectivity index (χ0v) is 20.3. The molecule has 0 aliphatic heterocycles. The quantitative estimate of drug-likeness (QED) is 0.274. The van der Waals surface area contributed by atoms with E-state index in [1.54, 1.807) is 0 Å². The molecule has 4 aromatic rings. The van der Waals surface area contributed by atoms with Crippen molar-refractivity contribution in [2.24, 2.45) is 0 Å². The fourth-order valence-corrected chi connectivity index (χ4v) is 11.9. The van der Waals surface area contributed by atoms with Crippen LogP contribution in [0, 0.1) is 20.8 Å². The molecule has 0 unspecified atom stereocenters. The second kappa shape index (κ2) is 8.14. The Bertz CT molecular complexity index is 1010. The SMILES string of the molecule is Cc1ccc(P(Br)(Cc2ccccc2)(c2ccc(C)cc2)c2ccc(C)cc2)cc1. The maximum atomic E-state index is 4.56. The van der Waals surface area contributed by atoms with E-state index >= 15 is 0 Å². The summed E-state index contributed by atoms with van der Waals surface area (Å²) in [5.74, 6) is 0.